The van der Waals surface area contributed by atoms with E-state index in [1.165, 1.54) is 17.0 Å². The molecule has 1 heterocycles. The summed E-state index contributed by atoms with van der Waals surface area (Å²) in [6, 6.07) is 3.65. The maximum Gasteiger partial charge on any atom is 0.391 e. The lowest BCUT2D eigenvalue weighted by Gasteiger charge is -2.33. The Hall–Kier alpha value is -1.79. The Morgan fingerprint density at radius 3 is 2.35 bits per heavy atom. The maximum absolute atomic E-state index is 13.3. The number of amides is 1. The second-order valence-electron chi connectivity index (χ2n) is 4.84. The molecule has 2 N–H and O–H groups in total. The van der Waals surface area contributed by atoms with Crippen LogP contribution < -0.4 is 5.73 Å². The van der Waals surface area contributed by atoms with Gasteiger partial charge < -0.3 is 10.6 Å². The fraction of sp³-hybridized carbons (Fsp3) is 0.462. The second kappa shape index (κ2) is 5.30. The number of rotatable bonds is 1. The SMILES string of the molecule is Nc1ccc(C(=O)N2CCC(C(F)(F)F)CC2)cc1F. The molecule has 0 saturated carbocycles. The number of anilines is 1. The van der Waals surface area contributed by atoms with E-state index >= 15 is 0 Å². The Labute approximate surface area is 113 Å². The molecule has 1 aromatic rings. The number of piperidine rings is 1. The van der Waals surface area contributed by atoms with Crippen molar-refractivity contribution < 1.29 is 22.4 Å². The highest BCUT2D eigenvalue weighted by atomic mass is 19.4. The molecule has 0 atom stereocenters. The van der Waals surface area contributed by atoms with Gasteiger partial charge in [0.2, 0.25) is 0 Å². The number of hydrogen-bond donors (Lipinski definition) is 1. The zero-order chi connectivity index (χ0) is 14.9. The van der Waals surface area contributed by atoms with Crippen LogP contribution in [0.25, 0.3) is 0 Å². The molecule has 0 aliphatic carbocycles. The predicted octanol–water partition coefficient (Wildman–Crippen LogP) is 2.82. The van der Waals surface area contributed by atoms with E-state index in [0.29, 0.717) is 0 Å². The van der Waals surface area contributed by atoms with Crippen molar-refractivity contribution in [3.8, 4) is 0 Å². The minimum atomic E-state index is -4.22. The van der Waals surface area contributed by atoms with Crippen molar-refractivity contribution in [1.82, 2.24) is 4.90 Å². The summed E-state index contributed by atoms with van der Waals surface area (Å²) in [7, 11) is 0. The number of benzene rings is 1. The summed E-state index contributed by atoms with van der Waals surface area (Å²) in [5.74, 6) is -2.54. The van der Waals surface area contributed by atoms with Gasteiger partial charge in [-0.25, -0.2) is 4.39 Å². The molecule has 7 heteroatoms. The van der Waals surface area contributed by atoms with Gasteiger partial charge in [-0.2, -0.15) is 13.2 Å². The molecule has 20 heavy (non-hydrogen) atoms. The molecule has 1 fully saturated rings. The minimum absolute atomic E-state index is 0.0228. The molecule has 0 bridgehead atoms. The average Bonchev–Trinajstić information content (AvgIpc) is 2.40. The van der Waals surface area contributed by atoms with Crippen LogP contribution in [-0.2, 0) is 0 Å². The van der Waals surface area contributed by atoms with Gasteiger partial charge >= 0.3 is 6.18 Å². The van der Waals surface area contributed by atoms with Gasteiger partial charge in [0.15, 0.2) is 0 Å². The first-order valence-electron chi connectivity index (χ1n) is 6.20. The summed E-state index contributed by atoms with van der Waals surface area (Å²) in [6.45, 7) is 0.0456. The van der Waals surface area contributed by atoms with Crippen molar-refractivity contribution in [2.24, 2.45) is 5.92 Å². The third kappa shape index (κ3) is 3.02. The number of alkyl halides is 3. The van der Waals surface area contributed by atoms with Crippen molar-refractivity contribution in [3.05, 3.63) is 29.6 Å². The number of halogens is 4. The topological polar surface area (TPSA) is 46.3 Å². The normalized spacial score (nSPS) is 17.3. The van der Waals surface area contributed by atoms with Crippen molar-refractivity contribution >= 4 is 11.6 Å². The van der Waals surface area contributed by atoms with Gasteiger partial charge in [0.05, 0.1) is 11.6 Å². The van der Waals surface area contributed by atoms with Crippen LogP contribution in [-0.4, -0.2) is 30.1 Å². The number of hydrogen-bond acceptors (Lipinski definition) is 2. The maximum atomic E-state index is 13.3. The summed E-state index contributed by atoms with van der Waals surface area (Å²) in [6.07, 6.45) is -4.46. The van der Waals surface area contributed by atoms with Crippen LogP contribution in [0.1, 0.15) is 23.2 Å². The van der Waals surface area contributed by atoms with Crippen LogP contribution in [0.4, 0.5) is 23.2 Å². The zero-order valence-corrected chi connectivity index (χ0v) is 10.6. The Balaban J connectivity index is 2.03. The molecule has 0 unspecified atom stereocenters. The summed E-state index contributed by atoms with van der Waals surface area (Å²) in [5.41, 5.74) is 5.34. The molecule has 0 spiro atoms. The van der Waals surface area contributed by atoms with Crippen molar-refractivity contribution in [1.29, 1.82) is 0 Å². The van der Waals surface area contributed by atoms with Gasteiger partial charge in [-0.1, -0.05) is 0 Å². The van der Waals surface area contributed by atoms with Gasteiger partial charge in [0, 0.05) is 18.7 Å². The van der Waals surface area contributed by atoms with Gasteiger partial charge in [-0.3, -0.25) is 4.79 Å². The van der Waals surface area contributed by atoms with Crippen molar-refractivity contribution in [2.45, 2.75) is 19.0 Å². The predicted molar refractivity (Wildman–Crippen MR) is 65.5 cm³/mol. The highest BCUT2D eigenvalue weighted by Crippen LogP contribution is 2.34. The van der Waals surface area contributed by atoms with Gasteiger partial charge in [-0.15, -0.1) is 0 Å². The fourth-order valence-electron chi connectivity index (χ4n) is 2.25. The first kappa shape index (κ1) is 14.6. The van der Waals surface area contributed by atoms with E-state index in [1.54, 1.807) is 0 Å². The molecule has 110 valence electrons. The molecule has 1 aliphatic rings. The lowest BCUT2D eigenvalue weighted by atomic mass is 9.96. The van der Waals surface area contributed by atoms with E-state index in [9.17, 15) is 22.4 Å². The Bertz CT molecular complexity index is 508. The van der Waals surface area contributed by atoms with Crippen molar-refractivity contribution in [3.63, 3.8) is 0 Å². The van der Waals surface area contributed by atoms with E-state index in [1.807, 2.05) is 0 Å². The van der Waals surface area contributed by atoms with Crippen LogP contribution in [0, 0.1) is 11.7 Å². The van der Waals surface area contributed by atoms with Gasteiger partial charge in [0.25, 0.3) is 5.91 Å². The fourth-order valence-corrected chi connectivity index (χ4v) is 2.25. The third-order valence-electron chi connectivity index (χ3n) is 3.49. The van der Waals surface area contributed by atoms with Gasteiger partial charge in [-0.05, 0) is 31.0 Å². The van der Waals surface area contributed by atoms with Gasteiger partial charge in [0.1, 0.15) is 5.82 Å². The largest absolute Gasteiger partial charge is 0.396 e. The minimum Gasteiger partial charge on any atom is -0.396 e. The second-order valence-corrected chi connectivity index (χ2v) is 4.84. The number of likely N-dealkylation sites (tertiary alicyclic amines) is 1. The summed E-state index contributed by atoms with van der Waals surface area (Å²) < 4.78 is 50.8. The number of nitrogens with two attached hydrogens (primary N) is 1. The monoisotopic (exact) mass is 290 g/mol. The number of nitrogens with zero attached hydrogens (tertiary/aromatic N) is 1. The molecule has 3 nitrogen and oxygen atoms in total. The highest BCUT2D eigenvalue weighted by Gasteiger charge is 2.41. The lowest BCUT2D eigenvalue weighted by molar-refractivity contribution is -0.183. The summed E-state index contributed by atoms with van der Waals surface area (Å²) in [5, 5.41) is 0. The molecule has 2 rings (SSSR count). The van der Waals surface area contributed by atoms with Crippen LogP contribution in [0.3, 0.4) is 0 Å². The average molecular weight is 290 g/mol. The Morgan fingerprint density at radius 1 is 1.25 bits per heavy atom. The lowest BCUT2D eigenvalue weighted by Crippen LogP contribution is -2.42. The molecule has 1 amide bonds. The zero-order valence-electron chi connectivity index (χ0n) is 10.6. The van der Waals surface area contributed by atoms with Crippen LogP contribution in [0.5, 0.6) is 0 Å². The van der Waals surface area contributed by atoms with Crippen LogP contribution in [0.2, 0.25) is 0 Å². The van der Waals surface area contributed by atoms with E-state index in [2.05, 4.69) is 0 Å². The molecule has 1 saturated heterocycles. The number of carbonyl (C=O) groups excluding carboxylic acids is 1. The molecule has 0 aromatic heterocycles. The highest BCUT2D eigenvalue weighted by molar-refractivity contribution is 5.94. The molecule has 0 radical (unpaired) electrons. The Morgan fingerprint density at radius 2 is 1.85 bits per heavy atom. The summed E-state index contributed by atoms with van der Waals surface area (Å²) >= 11 is 0. The quantitative estimate of drug-likeness (QED) is 0.638. The molecular formula is C13H14F4N2O. The number of carbonyl (C=O) groups is 1. The van der Waals surface area contributed by atoms with Crippen molar-refractivity contribution in [2.75, 3.05) is 18.8 Å². The van der Waals surface area contributed by atoms with E-state index in [-0.39, 0.29) is 37.2 Å². The van der Waals surface area contributed by atoms with Crippen LogP contribution >= 0.6 is 0 Å². The Kier molecular flexibility index (Phi) is 3.87. The van der Waals surface area contributed by atoms with E-state index < -0.39 is 23.8 Å². The number of nitrogen functional groups attached to an aromatic ring is 1. The van der Waals surface area contributed by atoms with E-state index in [4.69, 9.17) is 5.73 Å². The first-order valence-corrected chi connectivity index (χ1v) is 6.20. The smallest absolute Gasteiger partial charge is 0.391 e. The van der Waals surface area contributed by atoms with Crippen LogP contribution in [0.15, 0.2) is 18.2 Å². The molecular weight excluding hydrogens is 276 g/mol. The molecule has 1 aliphatic heterocycles. The molecule has 1 aromatic carbocycles. The third-order valence-corrected chi connectivity index (χ3v) is 3.49. The standard InChI is InChI=1S/C13H14F4N2O/c14-10-7-8(1-2-11(10)18)12(20)19-5-3-9(4-6-19)13(15,16)17/h1-2,7,9H,3-6,18H2. The van der Waals surface area contributed by atoms with E-state index in [0.717, 1.165) is 6.07 Å². The summed E-state index contributed by atoms with van der Waals surface area (Å²) in [4.78, 5) is 13.4. The first-order chi connectivity index (χ1) is 9.29.